The first-order valence-corrected chi connectivity index (χ1v) is 13.4. The van der Waals surface area contributed by atoms with Gasteiger partial charge >= 0.3 is 6.09 Å². The van der Waals surface area contributed by atoms with Crippen LogP contribution in [-0.4, -0.2) is 72.1 Å². The van der Waals surface area contributed by atoms with Crippen molar-refractivity contribution < 1.29 is 19.0 Å². The Bertz CT molecular complexity index is 1270. The second kappa shape index (κ2) is 11.2. The summed E-state index contributed by atoms with van der Waals surface area (Å²) >= 11 is 6.45. The summed E-state index contributed by atoms with van der Waals surface area (Å²) in [5.74, 6) is 1.11. The Hall–Kier alpha value is -3.30. The monoisotopic (exact) mass is 539 g/mol. The largest absolute Gasteiger partial charge is 0.488 e. The zero-order chi connectivity index (χ0) is 26.7. The van der Waals surface area contributed by atoms with E-state index in [-0.39, 0.29) is 12.2 Å². The smallest absolute Gasteiger partial charge is 0.410 e. The number of aromatic nitrogens is 2. The van der Waals surface area contributed by atoms with Crippen LogP contribution >= 0.6 is 11.6 Å². The topological polar surface area (TPSA) is 89.0 Å². The quantitative estimate of drug-likeness (QED) is 0.445. The van der Waals surface area contributed by atoms with Crippen molar-refractivity contribution in [2.45, 2.75) is 45.3 Å². The number of nitrogens with one attached hydrogen (secondary N) is 1. The molecule has 2 aliphatic rings. The van der Waals surface area contributed by atoms with Crippen molar-refractivity contribution in [2.75, 3.05) is 49.6 Å². The molecule has 38 heavy (non-hydrogen) atoms. The van der Waals surface area contributed by atoms with Crippen LogP contribution in [0.15, 0.2) is 42.6 Å². The molecule has 0 unspecified atom stereocenters. The van der Waals surface area contributed by atoms with E-state index in [1.807, 2.05) is 39.0 Å². The first-order valence-electron chi connectivity index (χ1n) is 13.0. The van der Waals surface area contributed by atoms with Crippen LogP contribution in [0.3, 0.4) is 0 Å². The van der Waals surface area contributed by atoms with Gasteiger partial charge in [-0.2, -0.15) is 0 Å². The highest BCUT2D eigenvalue weighted by molar-refractivity contribution is 6.35. The van der Waals surface area contributed by atoms with Gasteiger partial charge in [0.2, 0.25) is 5.95 Å². The highest BCUT2D eigenvalue weighted by Gasteiger charge is 2.28. The van der Waals surface area contributed by atoms with Crippen LogP contribution in [0.5, 0.6) is 5.75 Å². The molecule has 0 radical (unpaired) electrons. The molecule has 3 aromatic rings. The number of hydrogen-bond acceptors (Lipinski definition) is 8. The molecule has 5 rings (SSSR count). The number of carbonyl (C=O) groups is 1. The molecule has 2 aliphatic heterocycles. The predicted molar refractivity (Wildman–Crippen MR) is 149 cm³/mol. The number of fused-ring (bicyclic) bond motifs is 1. The third kappa shape index (κ3) is 6.39. The van der Waals surface area contributed by atoms with Gasteiger partial charge in [-0.3, -0.25) is 0 Å². The molecule has 1 N–H and O–H groups in total. The molecular formula is C28H34ClN5O4. The average molecular weight is 540 g/mol. The maximum absolute atomic E-state index is 12.4. The highest BCUT2D eigenvalue weighted by atomic mass is 35.5. The zero-order valence-electron chi connectivity index (χ0n) is 22.1. The second-order valence-electron chi connectivity index (χ2n) is 10.6. The SMILES string of the molecule is CC(C)(C)OC(=O)N1CCC(Oc2ccc(Cl)c3cnc(Nc4ccc(N5CCOCC5)cc4)nc23)CC1. The van der Waals surface area contributed by atoms with E-state index in [2.05, 4.69) is 27.3 Å². The number of ether oxygens (including phenoxy) is 3. The van der Waals surface area contributed by atoms with Gasteiger partial charge in [-0.25, -0.2) is 14.8 Å². The van der Waals surface area contributed by atoms with E-state index in [9.17, 15) is 4.79 Å². The van der Waals surface area contributed by atoms with Crippen molar-refractivity contribution >= 4 is 45.9 Å². The molecule has 3 heterocycles. The van der Waals surface area contributed by atoms with Crippen molar-refractivity contribution in [1.82, 2.24) is 14.9 Å². The second-order valence-corrected chi connectivity index (χ2v) is 11.0. The van der Waals surface area contributed by atoms with Gasteiger partial charge in [0.1, 0.15) is 23.0 Å². The number of anilines is 3. The van der Waals surface area contributed by atoms with Crippen molar-refractivity contribution in [2.24, 2.45) is 0 Å². The molecule has 0 saturated carbocycles. The lowest BCUT2D eigenvalue weighted by molar-refractivity contribution is 0.0127. The van der Waals surface area contributed by atoms with E-state index in [4.69, 9.17) is 30.8 Å². The number of piperidine rings is 1. The molecule has 2 aromatic carbocycles. The summed E-state index contributed by atoms with van der Waals surface area (Å²) in [7, 11) is 0. The third-order valence-corrected chi connectivity index (χ3v) is 6.88. The van der Waals surface area contributed by atoms with Crippen LogP contribution < -0.4 is 15.0 Å². The third-order valence-electron chi connectivity index (χ3n) is 6.55. The Kier molecular flexibility index (Phi) is 7.76. The predicted octanol–water partition coefficient (Wildman–Crippen LogP) is 5.64. The van der Waals surface area contributed by atoms with Gasteiger partial charge in [-0.15, -0.1) is 0 Å². The lowest BCUT2D eigenvalue weighted by atomic mass is 10.1. The maximum Gasteiger partial charge on any atom is 0.410 e. The van der Waals surface area contributed by atoms with Crippen LogP contribution in [-0.2, 0) is 9.47 Å². The van der Waals surface area contributed by atoms with Crippen molar-refractivity contribution in [1.29, 1.82) is 0 Å². The molecule has 202 valence electrons. The molecule has 1 amide bonds. The van der Waals surface area contributed by atoms with Gasteiger partial charge in [0.05, 0.1) is 18.2 Å². The van der Waals surface area contributed by atoms with Gasteiger partial charge in [-0.1, -0.05) is 11.6 Å². The molecule has 9 nitrogen and oxygen atoms in total. The lowest BCUT2D eigenvalue weighted by Crippen LogP contribution is -2.44. The number of benzene rings is 2. The Morgan fingerprint density at radius 3 is 2.45 bits per heavy atom. The van der Waals surface area contributed by atoms with Crippen LogP contribution in [0.4, 0.5) is 22.1 Å². The number of hydrogen-bond donors (Lipinski definition) is 1. The van der Waals surface area contributed by atoms with Crippen molar-refractivity contribution in [3.8, 4) is 5.75 Å². The minimum absolute atomic E-state index is 0.0443. The summed E-state index contributed by atoms with van der Waals surface area (Å²) in [6, 6.07) is 11.9. The summed E-state index contributed by atoms with van der Waals surface area (Å²) in [6.45, 7) is 10.1. The van der Waals surface area contributed by atoms with E-state index < -0.39 is 5.60 Å². The standard InChI is InChI=1S/C28H34ClN5O4/c1-28(2,3)38-27(35)34-12-10-21(11-13-34)37-24-9-8-23(29)22-18-30-26(32-25(22)24)31-19-4-6-20(7-5-19)33-14-16-36-17-15-33/h4-9,18,21H,10-17H2,1-3H3,(H,30,31,32). The fraction of sp³-hybridized carbons (Fsp3) is 0.464. The number of amides is 1. The summed E-state index contributed by atoms with van der Waals surface area (Å²) in [6.07, 6.45) is 2.79. The molecule has 2 saturated heterocycles. The summed E-state index contributed by atoms with van der Waals surface area (Å²) in [5.41, 5.74) is 2.19. The van der Waals surface area contributed by atoms with Gasteiger partial charge in [0, 0.05) is 62.0 Å². The molecular weight excluding hydrogens is 506 g/mol. The molecule has 0 aliphatic carbocycles. The number of morpholine rings is 1. The number of likely N-dealkylation sites (tertiary alicyclic amines) is 1. The highest BCUT2D eigenvalue weighted by Crippen LogP contribution is 2.33. The number of nitrogens with zero attached hydrogens (tertiary/aromatic N) is 4. The summed E-state index contributed by atoms with van der Waals surface area (Å²) in [5, 5.41) is 4.58. The first-order chi connectivity index (χ1) is 18.2. The average Bonchev–Trinajstić information content (AvgIpc) is 2.91. The van der Waals surface area contributed by atoms with Gasteiger partial charge < -0.3 is 29.3 Å². The molecule has 10 heteroatoms. The first kappa shape index (κ1) is 26.3. The Morgan fingerprint density at radius 1 is 1.05 bits per heavy atom. The fourth-order valence-electron chi connectivity index (χ4n) is 4.59. The molecule has 0 atom stereocenters. The molecule has 0 bridgehead atoms. The van der Waals surface area contributed by atoms with Crippen LogP contribution in [0.1, 0.15) is 33.6 Å². The fourth-order valence-corrected chi connectivity index (χ4v) is 4.79. The van der Waals surface area contributed by atoms with E-state index in [0.29, 0.717) is 48.2 Å². The number of rotatable bonds is 5. The number of halogens is 1. The van der Waals surface area contributed by atoms with Gasteiger partial charge in [0.15, 0.2) is 0 Å². The van der Waals surface area contributed by atoms with Gasteiger partial charge in [0.25, 0.3) is 0 Å². The Labute approximate surface area is 228 Å². The Morgan fingerprint density at radius 2 is 1.76 bits per heavy atom. The molecule has 1 aromatic heterocycles. The summed E-state index contributed by atoms with van der Waals surface area (Å²) < 4.78 is 17.3. The van der Waals surface area contributed by atoms with Crippen LogP contribution in [0.25, 0.3) is 10.9 Å². The minimum atomic E-state index is -0.511. The van der Waals surface area contributed by atoms with Crippen LogP contribution in [0, 0.1) is 0 Å². The maximum atomic E-state index is 12.4. The minimum Gasteiger partial charge on any atom is -0.488 e. The van der Waals surface area contributed by atoms with Crippen molar-refractivity contribution in [3.05, 3.63) is 47.6 Å². The van der Waals surface area contributed by atoms with E-state index in [1.165, 1.54) is 5.69 Å². The lowest BCUT2D eigenvalue weighted by Gasteiger charge is -2.33. The van der Waals surface area contributed by atoms with Crippen LogP contribution in [0.2, 0.25) is 5.02 Å². The molecule has 0 spiro atoms. The van der Waals surface area contributed by atoms with E-state index in [1.54, 1.807) is 17.2 Å². The van der Waals surface area contributed by atoms with E-state index in [0.717, 1.165) is 37.4 Å². The molecule has 2 fully saturated rings. The number of carbonyl (C=O) groups excluding carboxylic acids is 1. The Balaban J connectivity index is 1.26. The zero-order valence-corrected chi connectivity index (χ0v) is 22.8. The van der Waals surface area contributed by atoms with Gasteiger partial charge in [-0.05, 0) is 57.2 Å². The summed E-state index contributed by atoms with van der Waals surface area (Å²) in [4.78, 5) is 25.7. The van der Waals surface area contributed by atoms with E-state index >= 15 is 0 Å². The normalized spacial score (nSPS) is 16.9. The van der Waals surface area contributed by atoms with Crippen molar-refractivity contribution in [3.63, 3.8) is 0 Å².